The molecular weight excluding hydrogens is 670 g/mol. The van der Waals surface area contributed by atoms with Crippen molar-refractivity contribution >= 4 is 41.4 Å². The van der Waals surface area contributed by atoms with Gasteiger partial charge in [0.05, 0.1) is 24.2 Å². The molecule has 1 aromatic heterocycles. The standard InChI is InChI=1S/C37H53N7O8/c1-35(2,3)24(18-44-31(48)20-13-14-42(52-9)16-21(20)32(44)49)40-34(51)41-28(36(4,5)6)33(50)43-17-22-25(37(22,7)8)26(43)30(47)39-23(27(45)29(38)46)15-19-11-10-12-19/h13-14,16,19,22-26,28H,10-12,15,17-18H2,1-9H3,(H4-,38,39,40,41,46,47,51)/p+1/t22-,23?,24+,25-,26-,28+/m0/s1. The molecule has 1 unspecified atom stereocenters. The fourth-order valence-corrected chi connectivity index (χ4v) is 7.90. The molecule has 0 bridgehead atoms. The number of nitrogens with zero attached hydrogens (tertiary/aromatic N) is 3. The van der Waals surface area contributed by atoms with Crippen molar-refractivity contribution in [1.82, 2.24) is 25.8 Å². The van der Waals surface area contributed by atoms with Crippen LogP contribution >= 0.6 is 0 Å². The normalized spacial score (nSPS) is 23.8. The first-order valence-corrected chi connectivity index (χ1v) is 18.0. The number of urea groups is 1. The van der Waals surface area contributed by atoms with E-state index in [1.807, 2.05) is 34.6 Å². The van der Waals surface area contributed by atoms with E-state index in [2.05, 4.69) is 16.0 Å². The van der Waals surface area contributed by atoms with Crippen LogP contribution in [0.4, 0.5) is 4.79 Å². The van der Waals surface area contributed by atoms with E-state index >= 15 is 0 Å². The molecule has 2 aliphatic heterocycles. The number of imide groups is 1. The van der Waals surface area contributed by atoms with E-state index in [1.165, 1.54) is 35.2 Å². The first-order valence-electron chi connectivity index (χ1n) is 18.0. The highest BCUT2D eigenvalue weighted by atomic mass is 16.6. The second kappa shape index (κ2) is 13.8. The van der Waals surface area contributed by atoms with Crippen molar-refractivity contribution in [2.75, 3.05) is 20.2 Å². The first kappa shape index (κ1) is 38.7. The van der Waals surface area contributed by atoms with Gasteiger partial charge in [0, 0.05) is 17.3 Å². The minimum Gasteiger partial charge on any atom is -0.363 e. The highest BCUT2D eigenvalue weighted by Crippen LogP contribution is 2.65. The zero-order chi connectivity index (χ0) is 38.7. The summed E-state index contributed by atoms with van der Waals surface area (Å²) >= 11 is 0. The van der Waals surface area contributed by atoms with Gasteiger partial charge < -0.3 is 26.6 Å². The van der Waals surface area contributed by atoms with Crippen LogP contribution in [0.15, 0.2) is 18.5 Å². The summed E-state index contributed by atoms with van der Waals surface area (Å²) in [5.41, 5.74) is 4.11. The second-order valence-electron chi connectivity index (χ2n) is 17.6. The largest absolute Gasteiger partial charge is 0.363 e. The van der Waals surface area contributed by atoms with Crippen LogP contribution in [0.1, 0.15) is 102 Å². The molecule has 6 atom stereocenters. The van der Waals surface area contributed by atoms with Crippen molar-refractivity contribution < 1.29 is 43.1 Å². The number of amides is 7. The van der Waals surface area contributed by atoms with Crippen LogP contribution < -0.4 is 31.3 Å². The van der Waals surface area contributed by atoms with Crippen molar-refractivity contribution in [3.63, 3.8) is 0 Å². The monoisotopic (exact) mass is 724 g/mol. The number of carbonyl (C=O) groups excluding carboxylic acids is 7. The number of piperidine rings is 1. The van der Waals surface area contributed by atoms with E-state index in [0.717, 1.165) is 24.2 Å². The van der Waals surface area contributed by atoms with Crippen LogP contribution in [-0.4, -0.2) is 95.5 Å². The Morgan fingerprint density at radius 1 is 0.981 bits per heavy atom. The molecule has 5 N–H and O–H groups in total. The smallest absolute Gasteiger partial charge is 0.315 e. The molecule has 5 rings (SSSR count). The summed E-state index contributed by atoms with van der Waals surface area (Å²) < 4.78 is 1.32. The highest BCUT2D eigenvalue weighted by Gasteiger charge is 2.70. The van der Waals surface area contributed by atoms with Crippen molar-refractivity contribution in [2.45, 2.75) is 105 Å². The topological polar surface area (TPSA) is 201 Å². The van der Waals surface area contributed by atoms with E-state index in [-0.39, 0.29) is 47.4 Å². The van der Waals surface area contributed by atoms with Gasteiger partial charge in [-0.1, -0.05) is 74.7 Å². The summed E-state index contributed by atoms with van der Waals surface area (Å²) in [5, 5.41) is 8.54. The lowest BCUT2D eigenvalue weighted by atomic mass is 9.80. The quantitative estimate of drug-likeness (QED) is 0.139. The van der Waals surface area contributed by atoms with Gasteiger partial charge in [0.2, 0.25) is 30.0 Å². The third-order valence-corrected chi connectivity index (χ3v) is 11.6. The number of fused-ring (bicyclic) bond motifs is 2. The lowest BCUT2D eigenvalue weighted by Gasteiger charge is -2.39. The van der Waals surface area contributed by atoms with Crippen LogP contribution in [0.25, 0.3) is 0 Å². The van der Waals surface area contributed by atoms with Gasteiger partial charge in [0.15, 0.2) is 0 Å². The van der Waals surface area contributed by atoms with Gasteiger partial charge in [-0.05, 0) is 40.4 Å². The molecule has 3 fully saturated rings. The Balaban J connectivity index is 1.33. The van der Waals surface area contributed by atoms with Gasteiger partial charge in [0.25, 0.3) is 17.7 Å². The maximum atomic E-state index is 14.5. The average Bonchev–Trinajstić information content (AvgIpc) is 3.28. The fourth-order valence-electron chi connectivity index (χ4n) is 7.90. The summed E-state index contributed by atoms with van der Waals surface area (Å²) in [5.74, 6) is -3.91. The first-order chi connectivity index (χ1) is 24.1. The molecule has 3 heterocycles. The second-order valence-corrected chi connectivity index (χ2v) is 17.6. The van der Waals surface area contributed by atoms with Gasteiger partial charge in [-0.3, -0.25) is 38.5 Å². The zero-order valence-electron chi connectivity index (χ0n) is 31.7. The molecule has 52 heavy (non-hydrogen) atoms. The molecule has 4 aliphatic rings. The summed E-state index contributed by atoms with van der Waals surface area (Å²) in [6.07, 6.45) is 6.07. The zero-order valence-corrected chi connectivity index (χ0v) is 31.7. The summed E-state index contributed by atoms with van der Waals surface area (Å²) in [7, 11) is 1.43. The Morgan fingerprint density at radius 2 is 1.62 bits per heavy atom. The van der Waals surface area contributed by atoms with E-state index in [1.54, 1.807) is 20.8 Å². The number of hydrogen-bond acceptors (Lipinski definition) is 8. The van der Waals surface area contributed by atoms with Crippen molar-refractivity contribution in [2.24, 2.45) is 39.7 Å². The number of pyridine rings is 1. The molecule has 7 amide bonds. The Bertz CT molecular complexity index is 1670. The SMILES string of the molecule is CO[n+]1ccc2c(c1)C(=O)N(C[C@@H](NC(=O)N[C@H](C(=O)N1C[C@H]3[C@@H]([C@H]1C(=O)NC(CC1CCC1)C(=O)C(N)=O)C3(C)C)C(C)(C)C)C(C)(C)C)C2=O. The Hall–Kier alpha value is -4.56. The van der Waals surface area contributed by atoms with Crippen molar-refractivity contribution in [1.29, 1.82) is 0 Å². The number of hydrogen-bond donors (Lipinski definition) is 4. The molecule has 2 aliphatic carbocycles. The predicted octanol–water partition coefficient (Wildman–Crippen LogP) is 0.970. The fraction of sp³-hybridized carbons (Fsp3) is 0.676. The summed E-state index contributed by atoms with van der Waals surface area (Å²) in [6.45, 7) is 15.2. The minimum absolute atomic E-state index is 0.0295. The molecule has 0 spiro atoms. The number of nitrogens with one attached hydrogen (secondary N) is 3. The predicted molar refractivity (Wildman–Crippen MR) is 187 cm³/mol. The Labute approximate surface area is 304 Å². The van der Waals surface area contributed by atoms with Crippen LogP contribution in [0.3, 0.4) is 0 Å². The van der Waals surface area contributed by atoms with Gasteiger partial charge in [-0.2, -0.15) is 0 Å². The third kappa shape index (κ3) is 7.36. The molecule has 0 radical (unpaired) electrons. The average molecular weight is 725 g/mol. The Kier molecular flexibility index (Phi) is 10.2. The maximum Gasteiger partial charge on any atom is 0.315 e. The van der Waals surface area contributed by atoms with Crippen LogP contribution in [0.5, 0.6) is 0 Å². The van der Waals surface area contributed by atoms with E-state index in [0.29, 0.717) is 6.42 Å². The number of carbonyl (C=O) groups is 7. The van der Waals surface area contributed by atoms with Crippen molar-refractivity contribution in [3.05, 3.63) is 29.6 Å². The molecular formula is C37H54N7O8+. The number of Topliss-reactive ketones (excluding diaryl/α,β-unsaturated/α-hetero) is 1. The lowest BCUT2D eigenvalue weighted by Crippen LogP contribution is -2.63. The van der Waals surface area contributed by atoms with Crippen LogP contribution in [0, 0.1) is 34.0 Å². The molecule has 15 heteroatoms. The van der Waals surface area contributed by atoms with Crippen molar-refractivity contribution in [3.8, 4) is 0 Å². The molecule has 0 aromatic carbocycles. The van der Waals surface area contributed by atoms with Crippen LogP contribution in [0.2, 0.25) is 0 Å². The molecule has 1 aromatic rings. The van der Waals surface area contributed by atoms with Gasteiger partial charge in [-0.25, -0.2) is 4.79 Å². The summed E-state index contributed by atoms with van der Waals surface area (Å²) in [4.78, 5) is 101. The molecule has 2 saturated carbocycles. The van der Waals surface area contributed by atoms with E-state index in [9.17, 15) is 33.6 Å². The lowest BCUT2D eigenvalue weighted by molar-refractivity contribution is -0.885. The highest BCUT2D eigenvalue weighted by molar-refractivity contribution is 6.37. The number of primary amides is 1. The maximum absolute atomic E-state index is 14.5. The van der Waals surface area contributed by atoms with Gasteiger partial charge in [-0.15, -0.1) is 0 Å². The number of ketones is 1. The number of likely N-dealkylation sites (tertiary alicyclic amines) is 1. The van der Waals surface area contributed by atoms with Gasteiger partial charge in [0.1, 0.15) is 24.8 Å². The minimum atomic E-state index is -1.12. The molecule has 15 nitrogen and oxygen atoms in total. The molecule has 284 valence electrons. The third-order valence-electron chi connectivity index (χ3n) is 11.6. The number of aromatic nitrogens is 1. The van der Waals surface area contributed by atoms with Gasteiger partial charge >= 0.3 is 6.03 Å². The summed E-state index contributed by atoms with van der Waals surface area (Å²) in [6, 6.07) is -2.96. The van der Waals surface area contributed by atoms with E-state index < -0.39 is 76.3 Å². The number of rotatable bonds is 12. The number of nitrogens with two attached hydrogens (primary N) is 1. The Morgan fingerprint density at radius 3 is 2.15 bits per heavy atom. The van der Waals surface area contributed by atoms with E-state index in [4.69, 9.17) is 10.6 Å². The molecule has 1 saturated heterocycles. The van der Waals surface area contributed by atoms with Crippen LogP contribution in [-0.2, 0) is 19.2 Å².